The molecule has 0 aromatic heterocycles. The van der Waals surface area contributed by atoms with Crippen LogP contribution in [-0.4, -0.2) is 0 Å². The molecule has 0 amide bonds. The molecule has 0 bridgehead atoms. The predicted molar refractivity (Wildman–Crippen MR) is 96.4 cm³/mol. The fraction of sp³-hybridized carbons (Fsp3) is 0.636. The highest BCUT2D eigenvalue weighted by molar-refractivity contribution is 5.43. The molecule has 3 rings (SSSR count). The number of allylic oxidation sites excluding steroid dienone is 2. The van der Waals surface area contributed by atoms with E-state index in [1.165, 1.54) is 18.4 Å². The van der Waals surface area contributed by atoms with Crippen molar-refractivity contribution in [2.24, 2.45) is 5.92 Å². The van der Waals surface area contributed by atoms with Crippen LogP contribution in [0, 0.1) is 17.6 Å². The number of hydrogen-bond acceptors (Lipinski definition) is 0. The number of hydrogen-bond donors (Lipinski definition) is 0. The number of fused-ring (bicyclic) bond motifs is 1. The molecule has 0 atom stereocenters. The first-order valence-corrected chi connectivity index (χ1v) is 9.81. The van der Waals surface area contributed by atoms with E-state index in [0.29, 0.717) is 12.0 Å². The molecule has 24 heavy (non-hydrogen) atoms. The van der Waals surface area contributed by atoms with Gasteiger partial charge in [0.2, 0.25) is 0 Å². The summed E-state index contributed by atoms with van der Waals surface area (Å²) in [5.41, 5.74) is 3.34. The van der Waals surface area contributed by atoms with Crippen molar-refractivity contribution >= 4 is 0 Å². The second-order valence-electron chi connectivity index (χ2n) is 7.72. The summed E-state index contributed by atoms with van der Waals surface area (Å²) in [7, 11) is 0. The second kappa shape index (κ2) is 7.80. The van der Waals surface area contributed by atoms with Crippen LogP contribution >= 0.6 is 0 Å². The molecule has 0 nitrogen and oxygen atoms in total. The summed E-state index contributed by atoms with van der Waals surface area (Å²) >= 11 is 0. The number of halogens is 2. The molecule has 0 aliphatic heterocycles. The molecule has 0 saturated heterocycles. The normalized spacial score (nSPS) is 23.8. The molecule has 0 N–H and O–H groups in total. The van der Waals surface area contributed by atoms with E-state index in [4.69, 9.17) is 0 Å². The minimum atomic E-state index is -0.303. The highest BCUT2D eigenvalue weighted by atomic mass is 19.1. The molecule has 1 aromatic carbocycles. The molecule has 2 aliphatic rings. The zero-order valence-electron chi connectivity index (χ0n) is 15.1. The smallest absolute Gasteiger partial charge is 0.133 e. The highest BCUT2D eigenvalue weighted by Crippen LogP contribution is 2.41. The van der Waals surface area contributed by atoms with Crippen LogP contribution in [0.15, 0.2) is 17.7 Å². The SMILES string of the molecule is CCCC1=CCc2c(cc(F)c(C3CCC(CCC)CC3)c2F)C1. The van der Waals surface area contributed by atoms with Gasteiger partial charge in [0.15, 0.2) is 0 Å². The van der Waals surface area contributed by atoms with Gasteiger partial charge in [-0.05, 0) is 74.0 Å². The van der Waals surface area contributed by atoms with Crippen molar-refractivity contribution in [3.8, 4) is 0 Å². The second-order valence-corrected chi connectivity index (χ2v) is 7.72. The topological polar surface area (TPSA) is 0 Å². The molecule has 0 spiro atoms. The Bertz CT molecular complexity index is 607. The molecule has 132 valence electrons. The summed E-state index contributed by atoms with van der Waals surface area (Å²) in [6.07, 6.45) is 12.2. The van der Waals surface area contributed by atoms with Gasteiger partial charge in [-0.1, -0.05) is 44.8 Å². The minimum absolute atomic E-state index is 0.0735. The Morgan fingerprint density at radius 2 is 1.79 bits per heavy atom. The van der Waals surface area contributed by atoms with Gasteiger partial charge in [-0.15, -0.1) is 0 Å². The van der Waals surface area contributed by atoms with Crippen molar-refractivity contribution in [3.05, 3.63) is 46.0 Å². The minimum Gasteiger partial charge on any atom is -0.207 e. The van der Waals surface area contributed by atoms with Gasteiger partial charge < -0.3 is 0 Å². The number of rotatable bonds is 5. The Kier molecular flexibility index (Phi) is 5.73. The first-order chi connectivity index (χ1) is 11.6. The third-order valence-corrected chi connectivity index (χ3v) is 5.98. The van der Waals surface area contributed by atoms with Crippen molar-refractivity contribution in [3.63, 3.8) is 0 Å². The van der Waals surface area contributed by atoms with E-state index in [2.05, 4.69) is 19.9 Å². The van der Waals surface area contributed by atoms with Crippen LogP contribution in [0.4, 0.5) is 8.78 Å². The van der Waals surface area contributed by atoms with E-state index in [9.17, 15) is 4.39 Å². The number of benzene rings is 1. The van der Waals surface area contributed by atoms with Gasteiger partial charge in [0, 0.05) is 5.56 Å². The Morgan fingerprint density at radius 1 is 1.04 bits per heavy atom. The molecular formula is C22H30F2. The predicted octanol–water partition coefficient (Wildman–Crippen LogP) is 6.86. The Balaban J connectivity index is 1.80. The standard InChI is InChI=1S/C22H30F2/c1-3-5-15-7-10-17(11-8-15)21-20(23)14-18-13-16(6-4-2)9-12-19(18)22(21)24/h9,14-15,17H,3-8,10-13H2,1-2H3. The summed E-state index contributed by atoms with van der Waals surface area (Å²) in [6.45, 7) is 4.37. The Labute approximate surface area is 145 Å². The maximum absolute atomic E-state index is 15.1. The lowest BCUT2D eigenvalue weighted by molar-refractivity contribution is 0.299. The van der Waals surface area contributed by atoms with E-state index < -0.39 is 0 Å². The largest absolute Gasteiger partial charge is 0.207 e. The van der Waals surface area contributed by atoms with Gasteiger partial charge in [0.25, 0.3) is 0 Å². The lowest BCUT2D eigenvalue weighted by atomic mass is 9.75. The van der Waals surface area contributed by atoms with Gasteiger partial charge >= 0.3 is 0 Å². The maximum atomic E-state index is 15.1. The molecular weight excluding hydrogens is 302 g/mol. The van der Waals surface area contributed by atoms with Crippen LogP contribution in [0.2, 0.25) is 0 Å². The quantitative estimate of drug-likeness (QED) is 0.516. The summed E-state index contributed by atoms with van der Waals surface area (Å²) in [5.74, 6) is 0.289. The Morgan fingerprint density at radius 3 is 2.46 bits per heavy atom. The van der Waals surface area contributed by atoms with Gasteiger partial charge in [-0.25, -0.2) is 8.78 Å². The van der Waals surface area contributed by atoms with Crippen LogP contribution < -0.4 is 0 Å². The molecule has 0 unspecified atom stereocenters. The van der Waals surface area contributed by atoms with E-state index in [-0.39, 0.29) is 17.6 Å². The highest BCUT2D eigenvalue weighted by Gasteiger charge is 2.29. The van der Waals surface area contributed by atoms with Crippen molar-refractivity contribution in [2.75, 3.05) is 0 Å². The monoisotopic (exact) mass is 332 g/mol. The third kappa shape index (κ3) is 3.58. The van der Waals surface area contributed by atoms with Crippen molar-refractivity contribution in [1.29, 1.82) is 0 Å². The van der Waals surface area contributed by atoms with Gasteiger partial charge in [0.05, 0.1) is 0 Å². The van der Waals surface area contributed by atoms with Crippen LogP contribution in [0.3, 0.4) is 0 Å². The summed E-state index contributed by atoms with van der Waals surface area (Å²) in [4.78, 5) is 0. The molecule has 0 heterocycles. The molecule has 1 aromatic rings. The first kappa shape index (κ1) is 17.6. The van der Waals surface area contributed by atoms with E-state index in [1.807, 2.05) is 0 Å². The van der Waals surface area contributed by atoms with Crippen molar-refractivity contribution < 1.29 is 8.78 Å². The zero-order chi connectivity index (χ0) is 17.1. The summed E-state index contributed by atoms with van der Waals surface area (Å²) in [6, 6.07) is 1.63. The van der Waals surface area contributed by atoms with E-state index >= 15 is 4.39 Å². The molecule has 2 heteroatoms. The summed E-state index contributed by atoms with van der Waals surface area (Å²) < 4.78 is 29.8. The van der Waals surface area contributed by atoms with E-state index in [1.54, 1.807) is 6.07 Å². The van der Waals surface area contributed by atoms with Gasteiger partial charge in [0.1, 0.15) is 11.6 Å². The zero-order valence-corrected chi connectivity index (χ0v) is 15.1. The molecule has 1 saturated carbocycles. The fourth-order valence-corrected chi connectivity index (χ4v) is 4.70. The van der Waals surface area contributed by atoms with Gasteiger partial charge in [-0.3, -0.25) is 0 Å². The lowest BCUT2D eigenvalue weighted by Crippen LogP contribution is -2.18. The van der Waals surface area contributed by atoms with E-state index in [0.717, 1.165) is 62.0 Å². The first-order valence-electron chi connectivity index (χ1n) is 9.81. The molecule has 0 radical (unpaired) electrons. The molecule has 2 aliphatic carbocycles. The van der Waals surface area contributed by atoms with Crippen LogP contribution in [0.1, 0.15) is 87.8 Å². The maximum Gasteiger partial charge on any atom is 0.133 e. The van der Waals surface area contributed by atoms with Crippen LogP contribution in [-0.2, 0) is 12.8 Å². The lowest BCUT2D eigenvalue weighted by Gasteiger charge is -2.30. The average Bonchev–Trinajstić information content (AvgIpc) is 2.57. The Hall–Kier alpha value is -1.18. The van der Waals surface area contributed by atoms with Gasteiger partial charge in [-0.2, -0.15) is 0 Å². The fourth-order valence-electron chi connectivity index (χ4n) is 4.70. The van der Waals surface area contributed by atoms with Crippen LogP contribution in [0.25, 0.3) is 0 Å². The van der Waals surface area contributed by atoms with Crippen molar-refractivity contribution in [2.45, 2.75) is 84.0 Å². The molecule has 1 fully saturated rings. The summed E-state index contributed by atoms with van der Waals surface area (Å²) in [5, 5.41) is 0. The van der Waals surface area contributed by atoms with Crippen molar-refractivity contribution in [1.82, 2.24) is 0 Å². The van der Waals surface area contributed by atoms with Crippen LogP contribution in [0.5, 0.6) is 0 Å². The average molecular weight is 332 g/mol. The third-order valence-electron chi connectivity index (χ3n) is 5.98.